The average molecular weight is 316 g/mol. The van der Waals surface area contributed by atoms with Crippen LogP contribution in [0.1, 0.15) is 24.8 Å². The van der Waals surface area contributed by atoms with E-state index in [0.29, 0.717) is 32.6 Å². The number of rotatable bonds is 5. The zero-order valence-corrected chi connectivity index (χ0v) is 12.8. The summed E-state index contributed by atoms with van der Waals surface area (Å²) in [6.07, 6.45) is 5.72. The third-order valence-corrected chi connectivity index (χ3v) is 3.80. The van der Waals surface area contributed by atoms with Crippen LogP contribution in [0.5, 0.6) is 11.5 Å². The molecular formula is C17H20N2O4. The maximum absolute atomic E-state index is 11.8. The number of carbonyl (C=O) groups excluding carboxylic acids is 2. The Balaban J connectivity index is 1.42. The van der Waals surface area contributed by atoms with Crippen molar-refractivity contribution in [3.63, 3.8) is 0 Å². The monoisotopic (exact) mass is 316 g/mol. The van der Waals surface area contributed by atoms with Crippen LogP contribution in [0.25, 0.3) is 6.08 Å². The first-order valence-corrected chi connectivity index (χ1v) is 7.85. The van der Waals surface area contributed by atoms with Crippen LogP contribution in [0.15, 0.2) is 24.3 Å². The standard InChI is InChI=1S/C17H20N2O4/c20-16-7-5-13(19-16)17(21)18-8-2-1-3-12-4-6-14-15(11-12)23-10-9-22-14/h1,3-4,6,11,13H,2,5,7-10H2,(H,18,21)(H,19,20)/b3-1+. The average Bonchev–Trinajstić information content (AvgIpc) is 3.01. The van der Waals surface area contributed by atoms with E-state index in [0.717, 1.165) is 23.5 Å². The van der Waals surface area contributed by atoms with Crippen molar-refractivity contribution in [2.24, 2.45) is 0 Å². The minimum Gasteiger partial charge on any atom is -0.486 e. The number of amides is 2. The summed E-state index contributed by atoms with van der Waals surface area (Å²) in [5.41, 5.74) is 1.03. The van der Waals surface area contributed by atoms with Gasteiger partial charge < -0.3 is 20.1 Å². The fourth-order valence-electron chi connectivity index (χ4n) is 2.60. The molecule has 1 aromatic rings. The minimum atomic E-state index is -0.371. The summed E-state index contributed by atoms with van der Waals surface area (Å²) in [5, 5.41) is 5.49. The van der Waals surface area contributed by atoms with E-state index < -0.39 is 0 Å². The van der Waals surface area contributed by atoms with Gasteiger partial charge in [-0.05, 0) is 30.5 Å². The predicted octanol–water partition coefficient (Wildman–Crippen LogP) is 1.26. The maximum atomic E-state index is 11.8. The van der Waals surface area contributed by atoms with Crippen molar-refractivity contribution in [2.45, 2.75) is 25.3 Å². The fourth-order valence-corrected chi connectivity index (χ4v) is 2.60. The lowest BCUT2D eigenvalue weighted by atomic mass is 10.1. The summed E-state index contributed by atoms with van der Waals surface area (Å²) in [6.45, 7) is 1.71. The molecule has 0 bridgehead atoms. The molecule has 1 saturated heterocycles. The highest BCUT2D eigenvalue weighted by Gasteiger charge is 2.26. The van der Waals surface area contributed by atoms with Crippen molar-refractivity contribution >= 4 is 17.9 Å². The molecule has 2 amide bonds. The number of benzene rings is 1. The molecule has 2 aliphatic heterocycles. The second-order valence-electron chi connectivity index (χ2n) is 5.54. The SMILES string of the molecule is O=C1CCC(C(=O)NCC/C=C/c2ccc3c(c2)OCCO3)N1. The van der Waals surface area contributed by atoms with Crippen LogP contribution < -0.4 is 20.1 Å². The van der Waals surface area contributed by atoms with Crippen molar-refractivity contribution in [3.05, 3.63) is 29.8 Å². The van der Waals surface area contributed by atoms with Gasteiger partial charge in [-0.2, -0.15) is 0 Å². The number of carbonyl (C=O) groups is 2. The van der Waals surface area contributed by atoms with Crippen molar-refractivity contribution in [1.29, 1.82) is 0 Å². The molecule has 1 unspecified atom stereocenters. The summed E-state index contributed by atoms with van der Waals surface area (Å²) < 4.78 is 11.0. The van der Waals surface area contributed by atoms with Crippen LogP contribution in [0.3, 0.4) is 0 Å². The molecule has 2 N–H and O–H groups in total. The predicted molar refractivity (Wildman–Crippen MR) is 85.3 cm³/mol. The zero-order chi connectivity index (χ0) is 16.1. The molecule has 2 heterocycles. The van der Waals surface area contributed by atoms with Crippen molar-refractivity contribution in [2.75, 3.05) is 19.8 Å². The second kappa shape index (κ2) is 7.17. The molecule has 23 heavy (non-hydrogen) atoms. The van der Waals surface area contributed by atoms with Crippen LogP contribution in [0.2, 0.25) is 0 Å². The highest BCUT2D eigenvalue weighted by molar-refractivity contribution is 5.90. The van der Waals surface area contributed by atoms with Crippen LogP contribution in [-0.2, 0) is 9.59 Å². The molecule has 1 fully saturated rings. The Labute approximate surface area is 134 Å². The minimum absolute atomic E-state index is 0.0522. The molecule has 3 rings (SSSR count). The summed E-state index contributed by atoms with van der Waals surface area (Å²) >= 11 is 0. The molecule has 2 aliphatic rings. The third-order valence-electron chi connectivity index (χ3n) is 3.80. The van der Waals surface area contributed by atoms with E-state index in [1.807, 2.05) is 30.4 Å². The molecule has 0 aliphatic carbocycles. The molecule has 1 atom stereocenters. The molecule has 0 saturated carbocycles. The first-order chi connectivity index (χ1) is 11.2. The normalized spacial score (nSPS) is 19.7. The van der Waals surface area contributed by atoms with Crippen molar-refractivity contribution in [3.8, 4) is 11.5 Å². The molecule has 122 valence electrons. The lowest BCUT2D eigenvalue weighted by Crippen LogP contribution is -2.41. The van der Waals surface area contributed by atoms with Gasteiger partial charge in [-0.15, -0.1) is 0 Å². The third kappa shape index (κ3) is 4.03. The number of hydrogen-bond donors (Lipinski definition) is 2. The number of ether oxygens (including phenoxy) is 2. The quantitative estimate of drug-likeness (QED) is 0.802. The van der Waals surface area contributed by atoms with E-state index in [2.05, 4.69) is 10.6 Å². The first kappa shape index (κ1) is 15.4. The number of fused-ring (bicyclic) bond motifs is 1. The van der Waals surface area contributed by atoms with Gasteiger partial charge in [-0.3, -0.25) is 9.59 Å². The molecule has 0 aromatic heterocycles. The first-order valence-electron chi connectivity index (χ1n) is 7.85. The van der Waals surface area contributed by atoms with Gasteiger partial charge in [0.2, 0.25) is 11.8 Å². The molecule has 0 radical (unpaired) electrons. The van der Waals surface area contributed by atoms with E-state index in [-0.39, 0.29) is 17.9 Å². The van der Waals surface area contributed by atoms with Crippen molar-refractivity contribution in [1.82, 2.24) is 10.6 Å². The highest BCUT2D eigenvalue weighted by Crippen LogP contribution is 2.31. The Morgan fingerprint density at radius 1 is 1.30 bits per heavy atom. The Morgan fingerprint density at radius 2 is 2.13 bits per heavy atom. The van der Waals surface area contributed by atoms with E-state index >= 15 is 0 Å². The van der Waals surface area contributed by atoms with Gasteiger partial charge in [0.05, 0.1) is 0 Å². The molecule has 0 spiro atoms. The Morgan fingerprint density at radius 3 is 2.91 bits per heavy atom. The zero-order valence-electron chi connectivity index (χ0n) is 12.8. The Bertz CT molecular complexity index is 627. The molecular weight excluding hydrogens is 296 g/mol. The van der Waals surface area contributed by atoms with Gasteiger partial charge in [0.25, 0.3) is 0 Å². The summed E-state index contributed by atoms with van der Waals surface area (Å²) in [5.74, 6) is 1.38. The van der Waals surface area contributed by atoms with Crippen LogP contribution >= 0.6 is 0 Å². The fraction of sp³-hybridized carbons (Fsp3) is 0.412. The largest absolute Gasteiger partial charge is 0.486 e. The van der Waals surface area contributed by atoms with Gasteiger partial charge in [0, 0.05) is 13.0 Å². The second-order valence-corrected chi connectivity index (χ2v) is 5.54. The van der Waals surface area contributed by atoms with Gasteiger partial charge in [-0.25, -0.2) is 0 Å². The lowest BCUT2D eigenvalue weighted by molar-refractivity contribution is -0.125. The van der Waals surface area contributed by atoms with E-state index in [1.165, 1.54) is 0 Å². The topological polar surface area (TPSA) is 76.7 Å². The summed E-state index contributed by atoms with van der Waals surface area (Å²) in [7, 11) is 0. The van der Waals surface area contributed by atoms with E-state index in [1.54, 1.807) is 0 Å². The Hall–Kier alpha value is -2.50. The maximum Gasteiger partial charge on any atom is 0.242 e. The number of nitrogens with one attached hydrogen (secondary N) is 2. The smallest absolute Gasteiger partial charge is 0.242 e. The van der Waals surface area contributed by atoms with Gasteiger partial charge in [0.15, 0.2) is 11.5 Å². The summed E-state index contributed by atoms with van der Waals surface area (Å²) in [6, 6.07) is 5.44. The van der Waals surface area contributed by atoms with Crippen molar-refractivity contribution < 1.29 is 19.1 Å². The van der Waals surface area contributed by atoms with Gasteiger partial charge >= 0.3 is 0 Å². The summed E-state index contributed by atoms with van der Waals surface area (Å²) in [4.78, 5) is 22.9. The lowest BCUT2D eigenvalue weighted by Gasteiger charge is -2.18. The van der Waals surface area contributed by atoms with Crippen LogP contribution in [0, 0.1) is 0 Å². The molecule has 1 aromatic carbocycles. The Kier molecular flexibility index (Phi) is 4.80. The molecule has 6 heteroatoms. The van der Waals surface area contributed by atoms with E-state index in [4.69, 9.17) is 9.47 Å². The number of hydrogen-bond acceptors (Lipinski definition) is 4. The van der Waals surface area contributed by atoms with E-state index in [9.17, 15) is 9.59 Å². The van der Waals surface area contributed by atoms with Gasteiger partial charge in [0.1, 0.15) is 19.3 Å². The van der Waals surface area contributed by atoms with Crippen LogP contribution in [0.4, 0.5) is 0 Å². The van der Waals surface area contributed by atoms with Crippen LogP contribution in [-0.4, -0.2) is 37.6 Å². The highest BCUT2D eigenvalue weighted by atomic mass is 16.6. The molecule has 6 nitrogen and oxygen atoms in total. The van der Waals surface area contributed by atoms with Gasteiger partial charge in [-0.1, -0.05) is 18.2 Å².